The molecule has 5 nitrogen and oxygen atoms in total. The molecule has 2 unspecified atom stereocenters. The molecule has 20 heavy (non-hydrogen) atoms. The van der Waals surface area contributed by atoms with E-state index >= 15 is 0 Å². The van der Waals surface area contributed by atoms with Gasteiger partial charge in [0.25, 0.3) is 0 Å². The summed E-state index contributed by atoms with van der Waals surface area (Å²) in [6.45, 7) is 4.29. The summed E-state index contributed by atoms with van der Waals surface area (Å²) >= 11 is 0. The van der Waals surface area contributed by atoms with Gasteiger partial charge in [-0.2, -0.15) is 0 Å². The van der Waals surface area contributed by atoms with Crippen molar-refractivity contribution in [2.24, 2.45) is 5.92 Å². The van der Waals surface area contributed by atoms with E-state index in [1.54, 1.807) is 20.8 Å². The first-order valence-electron chi connectivity index (χ1n) is 6.49. The van der Waals surface area contributed by atoms with Crippen LogP contribution in [-0.2, 0) is 14.3 Å². The molecule has 1 saturated heterocycles. The van der Waals surface area contributed by atoms with Crippen molar-refractivity contribution >= 4 is 11.8 Å². The van der Waals surface area contributed by atoms with Crippen molar-refractivity contribution in [3.63, 3.8) is 0 Å². The second-order valence-corrected chi connectivity index (χ2v) is 4.98. The Labute approximate surface area is 115 Å². The molecule has 0 aliphatic carbocycles. The number of alkyl halides is 3. The van der Waals surface area contributed by atoms with Crippen molar-refractivity contribution in [3.8, 4) is 0 Å². The van der Waals surface area contributed by atoms with E-state index < -0.39 is 25.1 Å². The molecule has 8 heteroatoms. The summed E-state index contributed by atoms with van der Waals surface area (Å²) in [4.78, 5) is 25.3. The molecule has 0 aromatic heterocycles. The molecule has 0 aromatic rings. The molecular weight excluding hydrogens is 277 g/mol. The molecule has 1 N–H and O–H groups in total. The molecule has 0 bridgehead atoms. The van der Waals surface area contributed by atoms with Crippen molar-refractivity contribution < 1.29 is 27.5 Å². The minimum Gasteiger partial charge on any atom is -0.342 e. The minimum absolute atomic E-state index is 0.129. The quantitative estimate of drug-likeness (QED) is 0.831. The van der Waals surface area contributed by atoms with Crippen LogP contribution in [0.5, 0.6) is 0 Å². The predicted molar refractivity (Wildman–Crippen MR) is 64.6 cm³/mol. The van der Waals surface area contributed by atoms with Crippen LogP contribution >= 0.6 is 0 Å². The highest BCUT2D eigenvalue weighted by atomic mass is 19.4. The van der Waals surface area contributed by atoms with Gasteiger partial charge in [0.1, 0.15) is 12.1 Å². The number of hydrogen-bond donors (Lipinski definition) is 1. The molecule has 1 heterocycles. The number of halogens is 3. The van der Waals surface area contributed by atoms with Gasteiger partial charge in [0.2, 0.25) is 11.8 Å². The lowest BCUT2D eigenvalue weighted by atomic mass is 9.97. The summed E-state index contributed by atoms with van der Waals surface area (Å²) in [5, 5.41) is 2.61. The second-order valence-electron chi connectivity index (χ2n) is 4.98. The number of carbonyl (C=O) groups is 2. The average molecular weight is 296 g/mol. The van der Waals surface area contributed by atoms with E-state index in [1.165, 1.54) is 4.90 Å². The zero-order valence-electron chi connectivity index (χ0n) is 11.7. The van der Waals surface area contributed by atoms with E-state index in [0.717, 1.165) is 0 Å². The minimum atomic E-state index is -4.74. The fraction of sp³-hybridized carbons (Fsp3) is 0.833. The summed E-state index contributed by atoms with van der Waals surface area (Å²) < 4.78 is 39.6. The molecule has 0 radical (unpaired) electrons. The highest BCUT2D eigenvalue weighted by Gasteiger charge is 2.41. The van der Waals surface area contributed by atoms with Gasteiger partial charge in [-0.3, -0.25) is 14.3 Å². The molecule has 0 saturated carbocycles. The van der Waals surface area contributed by atoms with E-state index in [9.17, 15) is 22.8 Å². The van der Waals surface area contributed by atoms with Crippen LogP contribution in [0.1, 0.15) is 27.2 Å². The normalized spacial score (nSPS) is 24.2. The molecule has 1 rings (SSSR count). The van der Waals surface area contributed by atoms with Gasteiger partial charge in [0.05, 0.1) is 6.61 Å². The Hall–Kier alpha value is -1.31. The smallest absolute Gasteiger partial charge is 0.342 e. The monoisotopic (exact) mass is 296 g/mol. The van der Waals surface area contributed by atoms with Crippen molar-refractivity contribution in [1.29, 1.82) is 0 Å². The third-order valence-electron chi connectivity index (χ3n) is 3.18. The second kappa shape index (κ2) is 6.43. The van der Waals surface area contributed by atoms with Gasteiger partial charge < -0.3 is 10.2 Å². The highest BCUT2D eigenvalue weighted by Crippen LogP contribution is 2.19. The largest absolute Gasteiger partial charge is 0.522 e. The highest BCUT2D eigenvalue weighted by molar-refractivity contribution is 5.97. The van der Waals surface area contributed by atoms with Gasteiger partial charge in [-0.15, -0.1) is 13.2 Å². The van der Waals surface area contributed by atoms with E-state index in [2.05, 4.69) is 10.1 Å². The molecule has 2 amide bonds. The summed E-state index contributed by atoms with van der Waals surface area (Å²) in [7, 11) is 0. The number of piperazine rings is 1. The molecule has 116 valence electrons. The summed E-state index contributed by atoms with van der Waals surface area (Å²) in [5.41, 5.74) is 0. The third-order valence-corrected chi connectivity index (χ3v) is 3.18. The van der Waals surface area contributed by atoms with Crippen LogP contribution < -0.4 is 5.32 Å². The van der Waals surface area contributed by atoms with Crippen LogP contribution in [0.4, 0.5) is 13.2 Å². The number of hydrogen-bond acceptors (Lipinski definition) is 3. The van der Waals surface area contributed by atoms with E-state index in [4.69, 9.17) is 0 Å². The molecule has 0 aromatic carbocycles. The Kier molecular flexibility index (Phi) is 5.38. The molecule has 1 aliphatic heterocycles. The average Bonchev–Trinajstić information content (AvgIpc) is 2.31. The standard InChI is InChI=1S/C12H19F3N2O3/c1-4-8-10(18)16-9(7(2)3)11(19)17(8)5-6-20-12(13,14)15/h7-9H,4-6H2,1-3H3,(H,16,18). The first kappa shape index (κ1) is 16.7. The molecule has 0 spiro atoms. The maximum absolute atomic E-state index is 12.2. The first-order chi connectivity index (χ1) is 9.17. The van der Waals surface area contributed by atoms with Gasteiger partial charge in [0, 0.05) is 6.54 Å². The zero-order valence-corrected chi connectivity index (χ0v) is 11.7. The molecule has 2 atom stereocenters. The summed E-state index contributed by atoms with van der Waals surface area (Å²) in [6.07, 6.45) is -4.39. The zero-order chi connectivity index (χ0) is 15.5. The fourth-order valence-electron chi connectivity index (χ4n) is 2.17. The Bertz CT molecular complexity index is 371. The molecular formula is C12H19F3N2O3. The van der Waals surface area contributed by atoms with Gasteiger partial charge in [0.15, 0.2) is 0 Å². The summed E-state index contributed by atoms with van der Waals surface area (Å²) in [6, 6.07) is -1.44. The Morgan fingerprint density at radius 3 is 2.40 bits per heavy atom. The Morgan fingerprint density at radius 1 is 1.35 bits per heavy atom. The van der Waals surface area contributed by atoms with E-state index in [-0.39, 0.29) is 24.3 Å². The van der Waals surface area contributed by atoms with Crippen molar-refractivity contribution in [1.82, 2.24) is 10.2 Å². The van der Waals surface area contributed by atoms with Gasteiger partial charge >= 0.3 is 6.36 Å². The van der Waals surface area contributed by atoms with Crippen LogP contribution in [0.2, 0.25) is 0 Å². The number of carbonyl (C=O) groups excluding carboxylic acids is 2. The SMILES string of the molecule is CCC1C(=O)NC(C(C)C)C(=O)N1CCOC(F)(F)F. The lowest BCUT2D eigenvalue weighted by Crippen LogP contribution is -2.65. The van der Waals surface area contributed by atoms with Gasteiger partial charge in [-0.05, 0) is 12.3 Å². The topological polar surface area (TPSA) is 58.6 Å². The van der Waals surface area contributed by atoms with E-state index in [0.29, 0.717) is 6.42 Å². The maximum Gasteiger partial charge on any atom is 0.522 e. The Balaban J connectivity index is 2.76. The van der Waals surface area contributed by atoms with Crippen molar-refractivity contribution in [2.45, 2.75) is 45.6 Å². The third kappa shape index (κ3) is 4.09. The predicted octanol–water partition coefficient (Wildman–Crippen LogP) is 1.28. The van der Waals surface area contributed by atoms with Crippen molar-refractivity contribution in [3.05, 3.63) is 0 Å². The number of ether oxygens (including phenoxy) is 1. The number of nitrogens with zero attached hydrogens (tertiary/aromatic N) is 1. The molecule has 1 aliphatic rings. The van der Waals surface area contributed by atoms with E-state index in [1.807, 2.05) is 0 Å². The van der Waals surface area contributed by atoms with Gasteiger partial charge in [-0.25, -0.2) is 0 Å². The number of amides is 2. The Morgan fingerprint density at radius 2 is 1.95 bits per heavy atom. The first-order valence-corrected chi connectivity index (χ1v) is 6.49. The van der Waals surface area contributed by atoms with Crippen molar-refractivity contribution in [2.75, 3.05) is 13.2 Å². The molecule has 1 fully saturated rings. The van der Waals surface area contributed by atoms with Crippen LogP contribution in [0, 0.1) is 5.92 Å². The van der Waals surface area contributed by atoms with Gasteiger partial charge in [-0.1, -0.05) is 20.8 Å². The van der Waals surface area contributed by atoms with Crippen LogP contribution in [0.25, 0.3) is 0 Å². The van der Waals surface area contributed by atoms with Crippen LogP contribution in [-0.4, -0.2) is 48.3 Å². The maximum atomic E-state index is 12.2. The lowest BCUT2D eigenvalue weighted by Gasteiger charge is -2.40. The number of rotatable bonds is 5. The lowest BCUT2D eigenvalue weighted by molar-refractivity contribution is -0.325. The number of nitrogens with one attached hydrogen (secondary N) is 1. The fourth-order valence-corrected chi connectivity index (χ4v) is 2.17. The summed E-state index contributed by atoms with van der Waals surface area (Å²) in [5.74, 6) is -0.828. The van der Waals surface area contributed by atoms with Crippen LogP contribution in [0.3, 0.4) is 0 Å². The van der Waals surface area contributed by atoms with Crippen LogP contribution in [0.15, 0.2) is 0 Å².